The van der Waals surface area contributed by atoms with Crippen LogP contribution in [0.4, 0.5) is 0 Å². The molecule has 0 spiro atoms. The van der Waals surface area contributed by atoms with E-state index in [1.165, 1.54) is 39.1 Å². The summed E-state index contributed by atoms with van der Waals surface area (Å²) in [5.41, 5.74) is 13.7. The van der Waals surface area contributed by atoms with Gasteiger partial charge in [0.1, 0.15) is 5.82 Å². The quantitative estimate of drug-likeness (QED) is 0.108. The van der Waals surface area contributed by atoms with Gasteiger partial charge in [-0.15, -0.1) is 41.3 Å². The van der Waals surface area contributed by atoms with Crippen LogP contribution >= 0.6 is 0 Å². The van der Waals surface area contributed by atoms with Crippen molar-refractivity contribution in [1.82, 2.24) is 19.3 Å². The molecule has 0 unspecified atom stereocenters. The van der Waals surface area contributed by atoms with Gasteiger partial charge in [0.15, 0.2) is 0 Å². The van der Waals surface area contributed by atoms with E-state index in [0.717, 1.165) is 57.4 Å². The zero-order chi connectivity index (χ0) is 37.8. The van der Waals surface area contributed by atoms with Gasteiger partial charge in [0.05, 0.1) is 11.4 Å². The minimum absolute atomic E-state index is 0. The van der Waals surface area contributed by atoms with E-state index < -0.39 is 0 Å². The van der Waals surface area contributed by atoms with Gasteiger partial charge in [0.2, 0.25) is 0 Å². The molecule has 0 fully saturated rings. The predicted octanol–water partition coefficient (Wildman–Crippen LogP) is 12.3. The number of benzene rings is 4. The SMILES string of the molecule is Cc1cc(C)c(-c2c(C)nn(-c3[c-]c(Oc4[c-]c5c(cc4)c4ccccc4n5-c4cc(CC(C)C)ccn4)cc(C(C)(C)C)c3)c2CC(C)C)c(C)c1.[Pd+2]. The van der Waals surface area contributed by atoms with Crippen molar-refractivity contribution < 1.29 is 25.2 Å². The average Bonchev–Trinajstić information content (AvgIpc) is 3.57. The Bertz CT molecular complexity index is 2450. The second-order valence-electron chi connectivity index (χ2n) is 16.7. The molecule has 0 amide bonds. The summed E-state index contributed by atoms with van der Waals surface area (Å²) in [6.45, 7) is 24.5. The van der Waals surface area contributed by atoms with Crippen LogP contribution in [-0.4, -0.2) is 19.3 Å². The third kappa shape index (κ3) is 7.70. The van der Waals surface area contributed by atoms with Crippen molar-refractivity contribution in [2.45, 2.75) is 94.4 Å². The zero-order valence-electron chi connectivity index (χ0n) is 33.6. The van der Waals surface area contributed by atoms with Crippen LogP contribution in [0.15, 0.2) is 79.0 Å². The number of aromatic nitrogens is 4. The minimum Gasteiger partial charge on any atom is -0.509 e. The van der Waals surface area contributed by atoms with Crippen molar-refractivity contribution >= 4 is 21.8 Å². The number of aryl methyl sites for hydroxylation is 4. The molecule has 0 saturated carbocycles. The van der Waals surface area contributed by atoms with E-state index in [2.05, 4.69) is 164 Å². The smallest absolute Gasteiger partial charge is 0.509 e. The first-order valence-corrected chi connectivity index (χ1v) is 19.0. The van der Waals surface area contributed by atoms with Crippen molar-refractivity contribution in [1.29, 1.82) is 0 Å². The predicted molar refractivity (Wildman–Crippen MR) is 220 cm³/mol. The first kappa shape index (κ1) is 39.2. The average molecular weight is 807 g/mol. The Morgan fingerprint density at radius 2 is 1.44 bits per heavy atom. The molecule has 0 saturated heterocycles. The summed E-state index contributed by atoms with van der Waals surface area (Å²) in [5, 5.41) is 7.50. The van der Waals surface area contributed by atoms with E-state index >= 15 is 0 Å². The maximum Gasteiger partial charge on any atom is 2.00 e. The van der Waals surface area contributed by atoms with Crippen molar-refractivity contribution in [3.63, 3.8) is 0 Å². The standard InChI is InChI=1S/C48H52N4O.Pd/c1-29(2)20-35-18-19-49-45(24-35)51-42-15-13-12-14-40(42)41-17-16-38(28-43(41)51)53-39-26-36(48(9,10)11)25-37(27-39)52-44(21-30(3)4)47(34(8)50-52)46-32(6)22-31(5)23-33(46)7;/h12-19,22-26,29-30H,20-21H2,1-11H3;/q-2;+2. The van der Waals surface area contributed by atoms with E-state index in [4.69, 9.17) is 14.8 Å². The molecule has 0 bridgehead atoms. The number of pyridine rings is 1. The Balaban J connectivity index is 0.00000497. The van der Waals surface area contributed by atoms with Gasteiger partial charge in [0, 0.05) is 28.8 Å². The monoisotopic (exact) mass is 806 g/mol. The third-order valence-corrected chi connectivity index (χ3v) is 10.1. The van der Waals surface area contributed by atoms with Gasteiger partial charge in [-0.3, -0.25) is 4.68 Å². The molecule has 4 aromatic carbocycles. The number of hydrogen-bond donors (Lipinski definition) is 0. The molecular formula is C48H52N4OPd. The summed E-state index contributed by atoms with van der Waals surface area (Å²) in [7, 11) is 0. The van der Waals surface area contributed by atoms with Crippen LogP contribution in [0.3, 0.4) is 0 Å². The van der Waals surface area contributed by atoms with Gasteiger partial charge in [-0.2, -0.15) is 11.2 Å². The molecule has 7 aromatic rings. The molecule has 0 aliphatic heterocycles. The molecule has 54 heavy (non-hydrogen) atoms. The Kier molecular flexibility index (Phi) is 11.1. The van der Waals surface area contributed by atoms with Crippen molar-refractivity contribution in [3.8, 4) is 34.1 Å². The molecule has 0 aliphatic carbocycles. The Labute approximate surface area is 335 Å². The van der Waals surface area contributed by atoms with Crippen molar-refractivity contribution in [3.05, 3.63) is 130 Å². The van der Waals surface area contributed by atoms with Crippen LogP contribution in [0.25, 0.3) is 44.4 Å². The molecule has 3 heterocycles. The molecule has 0 N–H and O–H groups in total. The summed E-state index contributed by atoms with van der Waals surface area (Å²) in [6.07, 6.45) is 3.79. The normalized spacial score (nSPS) is 11.9. The fourth-order valence-electron chi connectivity index (χ4n) is 7.85. The fourth-order valence-corrected chi connectivity index (χ4v) is 7.85. The largest absolute Gasteiger partial charge is 2.00 e. The van der Waals surface area contributed by atoms with Crippen LogP contribution < -0.4 is 4.74 Å². The Morgan fingerprint density at radius 3 is 2.13 bits per heavy atom. The van der Waals surface area contributed by atoms with Crippen LogP contribution in [0.1, 0.15) is 87.7 Å². The summed E-state index contributed by atoms with van der Waals surface area (Å²) in [6, 6.07) is 33.2. The molecule has 280 valence electrons. The van der Waals surface area contributed by atoms with Gasteiger partial charge in [-0.25, -0.2) is 4.98 Å². The van der Waals surface area contributed by atoms with Gasteiger partial charge in [-0.05, 0) is 109 Å². The first-order valence-electron chi connectivity index (χ1n) is 19.0. The van der Waals surface area contributed by atoms with E-state index in [1.807, 2.05) is 12.3 Å². The van der Waals surface area contributed by atoms with E-state index in [0.29, 0.717) is 23.3 Å². The van der Waals surface area contributed by atoms with Crippen LogP contribution in [0.2, 0.25) is 0 Å². The van der Waals surface area contributed by atoms with Crippen LogP contribution in [-0.2, 0) is 38.7 Å². The van der Waals surface area contributed by atoms with E-state index in [9.17, 15) is 0 Å². The number of fused-ring (bicyclic) bond motifs is 3. The van der Waals surface area contributed by atoms with Gasteiger partial charge < -0.3 is 9.30 Å². The minimum atomic E-state index is -0.137. The number of para-hydroxylation sites is 1. The maximum atomic E-state index is 6.76. The van der Waals surface area contributed by atoms with Crippen molar-refractivity contribution in [2.75, 3.05) is 0 Å². The van der Waals surface area contributed by atoms with Crippen LogP contribution in [0.5, 0.6) is 11.5 Å². The molecule has 0 aliphatic rings. The summed E-state index contributed by atoms with van der Waals surface area (Å²) in [4.78, 5) is 4.85. The van der Waals surface area contributed by atoms with E-state index in [1.54, 1.807) is 0 Å². The molecule has 7 rings (SSSR count). The van der Waals surface area contributed by atoms with Gasteiger partial charge >= 0.3 is 20.4 Å². The summed E-state index contributed by atoms with van der Waals surface area (Å²) < 4.78 is 11.1. The van der Waals surface area contributed by atoms with Crippen LogP contribution in [0, 0.1) is 51.7 Å². The zero-order valence-corrected chi connectivity index (χ0v) is 35.1. The number of rotatable bonds is 9. The van der Waals surface area contributed by atoms with E-state index in [-0.39, 0.29) is 25.8 Å². The second kappa shape index (κ2) is 15.3. The molecular weight excluding hydrogens is 755 g/mol. The topological polar surface area (TPSA) is 44.9 Å². The molecule has 3 aromatic heterocycles. The van der Waals surface area contributed by atoms with Gasteiger partial charge in [-0.1, -0.05) is 89.9 Å². The van der Waals surface area contributed by atoms with Gasteiger partial charge in [0.25, 0.3) is 0 Å². The molecule has 0 atom stereocenters. The summed E-state index contributed by atoms with van der Waals surface area (Å²) in [5.74, 6) is 3.13. The fraction of sp³-hybridized carbons (Fsp3) is 0.333. The second-order valence-corrected chi connectivity index (χ2v) is 16.7. The summed E-state index contributed by atoms with van der Waals surface area (Å²) >= 11 is 0. The number of hydrogen-bond acceptors (Lipinski definition) is 3. The molecule has 0 radical (unpaired) electrons. The Morgan fingerprint density at radius 1 is 0.741 bits per heavy atom. The molecule has 5 nitrogen and oxygen atoms in total. The first-order chi connectivity index (χ1) is 25.2. The third-order valence-electron chi connectivity index (χ3n) is 10.1. The number of ether oxygens (including phenoxy) is 1. The number of nitrogens with zero attached hydrogens (tertiary/aromatic N) is 4. The molecule has 6 heteroatoms. The van der Waals surface area contributed by atoms with Crippen molar-refractivity contribution in [2.24, 2.45) is 11.8 Å². The Hall–Kier alpha value is -4.50. The maximum absolute atomic E-state index is 6.76.